The Morgan fingerprint density at radius 2 is 2.45 bits per heavy atom. The van der Waals surface area contributed by atoms with Gasteiger partial charge in [0.25, 0.3) is 0 Å². The second-order valence-electron chi connectivity index (χ2n) is 2.59. The summed E-state index contributed by atoms with van der Waals surface area (Å²) in [4.78, 5) is 1.24. The van der Waals surface area contributed by atoms with Crippen molar-refractivity contribution in [1.82, 2.24) is 0 Å². The molecule has 0 saturated carbocycles. The molecular weight excluding hydrogens is 158 g/mol. The number of thiophene rings is 1. The fourth-order valence-corrected chi connectivity index (χ4v) is 1.93. The summed E-state index contributed by atoms with van der Waals surface area (Å²) in [6, 6.07) is 2.19. The average molecular weight is 171 g/mol. The number of ether oxygens (including phenoxy) is 1. The largest absolute Gasteiger partial charge is 0.496 e. The molecule has 0 radical (unpaired) electrons. The standard InChI is InChI=1S/C8H13NOS/c1-6(9)5-8-7(10-2)3-4-11-8/h3-4,6H,5,9H2,1-2H3. The number of rotatable bonds is 3. The van der Waals surface area contributed by atoms with Crippen LogP contribution in [0.15, 0.2) is 11.4 Å². The third-order valence-corrected chi connectivity index (χ3v) is 2.36. The van der Waals surface area contributed by atoms with Crippen molar-refractivity contribution >= 4 is 11.3 Å². The van der Waals surface area contributed by atoms with Crippen molar-refractivity contribution in [3.8, 4) is 5.75 Å². The lowest BCUT2D eigenvalue weighted by atomic mass is 10.2. The second kappa shape index (κ2) is 3.74. The Kier molecular flexibility index (Phi) is 2.91. The summed E-state index contributed by atoms with van der Waals surface area (Å²) in [6.45, 7) is 2.00. The van der Waals surface area contributed by atoms with E-state index in [2.05, 4.69) is 0 Å². The van der Waals surface area contributed by atoms with Crippen LogP contribution in [-0.2, 0) is 6.42 Å². The van der Waals surface area contributed by atoms with Gasteiger partial charge in [0.1, 0.15) is 5.75 Å². The minimum atomic E-state index is 0.211. The molecular formula is C8H13NOS. The quantitative estimate of drug-likeness (QED) is 0.750. The van der Waals surface area contributed by atoms with Crippen molar-refractivity contribution in [1.29, 1.82) is 0 Å². The summed E-state index contributed by atoms with van der Waals surface area (Å²) >= 11 is 1.70. The van der Waals surface area contributed by atoms with E-state index in [1.807, 2.05) is 18.4 Å². The Hall–Kier alpha value is -0.540. The van der Waals surface area contributed by atoms with E-state index in [4.69, 9.17) is 10.5 Å². The fraction of sp³-hybridized carbons (Fsp3) is 0.500. The maximum Gasteiger partial charge on any atom is 0.132 e. The third kappa shape index (κ3) is 2.20. The molecule has 3 heteroatoms. The van der Waals surface area contributed by atoms with Gasteiger partial charge < -0.3 is 10.5 Å². The summed E-state index contributed by atoms with van der Waals surface area (Å²) in [7, 11) is 1.69. The number of methoxy groups -OCH3 is 1. The van der Waals surface area contributed by atoms with E-state index >= 15 is 0 Å². The molecule has 1 atom stereocenters. The lowest BCUT2D eigenvalue weighted by molar-refractivity contribution is 0.411. The van der Waals surface area contributed by atoms with E-state index in [1.165, 1.54) is 4.88 Å². The third-order valence-electron chi connectivity index (χ3n) is 1.43. The van der Waals surface area contributed by atoms with Gasteiger partial charge in [0.05, 0.1) is 7.11 Å². The van der Waals surface area contributed by atoms with Crippen LogP contribution in [0.25, 0.3) is 0 Å². The van der Waals surface area contributed by atoms with Gasteiger partial charge in [-0.2, -0.15) is 0 Å². The van der Waals surface area contributed by atoms with Gasteiger partial charge in [-0.3, -0.25) is 0 Å². The van der Waals surface area contributed by atoms with Crippen LogP contribution in [0.1, 0.15) is 11.8 Å². The van der Waals surface area contributed by atoms with E-state index in [9.17, 15) is 0 Å². The molecule has 0 amide bonds. The van der Waals surface area contributed by atoms with Gasteiger partial charge in [-0.1, -0.05) is 0 Å². The average Bonchev–Trinajstić information content (AvgIpc) is 2.34. The molecule has 0 aromatic carbocycles. The molecule has 62 valence electrons. The van der Waals surface area contributed by atoms with Crippen molar-refractivity contribution in [2.75, 3.05) is 7.11 Å². The summed E-state index contributed by atoms with van der Waals surface area (Å²) < 4.78 is 5.14. The molecule has 1 heterocycles. The van der Waals surface area contributed by atoms with Gasteiger partial charge in [-0.15, -0.1) is 11.3 Å². The van der Waals surface area contributed by atoms with Crippen molar-refractivity contribution in [2.24, 2.45) is 5.73 Å². The fourth-order valence-electron chi connectivity index (χ4n) is 0.952. The molecule has 0 aliphatic heterocycles. The molecule has 0 aliphatic rings. The van der Waals surface area contributed by atoms with E-state index < -0.39 is 0 Å². The zero-order valence-electron chi connectivity index (χ0n) is 6.83. The topological polar surface area (TPSA) is 35.2 Å². The number of nitrogens with two attached hydrogens (primary N) is 1. The van der Waals surface area contributed by atoms with Gasteiger partial charge in [0.2, 0.25) is 0 Å². The molecule has 0 saturated heterocycles. The molecule has 2 nitrogen and oxygen atoms in total. The number of hydrogen-bond donors (Lipinski definition) is 1. The van der Waals surface area contributed by atoms with Crippen molar-refractivity contribution in [2.45, 2.75) is 19.4 Å². The predicted molar refractivity (Wildman–Crippen MR) is 48.2 cm³/mol. The molecule has 0 fully saturated rings. The van der Waals surface area contributed by atoms with Crippen LogP contribution in [0, 0.1) is 0 Å². The molecule has 1 aromatic rings. The first kappa shape index (κ1) is 8.56. The smallest absolute Gasteiger partial charge is 0.132 e. The molecule has 1 rings (SSSR count). The van der Waals surface area contributed by atoms with E-state index in [0.29, 0.717) is 0 Å². The summed E-state index contributed by atoms with van der Waals surface area (Å²) in [5.74, 6) is 0.965. The van der Waals surface area contributed by atoms with Crippen LogP contribution in [0.4, 0.5) is 0 Å². The van der Waals surface area contributed by atoms with Crippen LogP contribution in [-0.4, -0.2) is 13.2 Å². The van der Waals surface area contributed by atoms with Crippen molar-refractivity contribution in [3.63, 3.8) is 0 Å². The summed E-state index contributed by atoms with van der Waals surface area (Å²) in [5.41, 5.74) is 5.66. The highest BCUT2D eigenvalue weighted by molar-refractivity contribution is 7.10. The Balaban J connectivity index is 2.68. The SMILES string of the molecule is COc1ccsc1CC(C)N. The highest BCUT2D eigenvalue weighted by atomic mass is 32.1. The monoisotopic (exact) mass is 171 g/mol. The predicted octanol–water partition coefficient (Wildman–Crippen LogP) is 1.65. The lowest BCUT2D eigenvalue weighted by Crippen LogP contribution is -2.17. The normalized spacial score (nSPS) is 13.0. The zero-order valence-corrected chi connectivity index (χ0v) is 7.65. The molecule has 0 spiro atoms. The maximum atomic E-state index is 5.66. The Labute approximate surface area is 71.0 Å². The van der Waals surface area contributed by atoms with E-state index in [1.54, 1.807) is 18.4 Å². The second-order valence-corrected chi connectivity index (χ2v) is 3.59. The first-order chi connectivity index (χ1) is 5.24. The van der Waals surface area contributed by atoms with Gasteiger partial charge in [-0.25, -0.2) is 0 Å². The van der Waals surface area contributed by atoms with Gasteiger partial charge in [-0.05, 0) is 18.4 Å². The minimum absolute atomic E-state index is 0.211. The van der Waals surface area contributed by atoms with Crippen molar-refractivity contribution < 1.29 is 4.74 Å². The number of hydrogen-bond acceptors (Lipinski definition) is 3. The highest BCUT2D eigenvalue weighted by Gasteiger charge is 2.05. The van der Waals surface area contributed by atoms with Gasteiger partial charge >= 0.3 is 0 Å². The maximum absolute atomic E-state index is 5.66. The molecule has 1 unspecified atom stereocenters. The van der Waals surface area contributed by atoms with Crippen LogP contribution >= 0.6 is 11.3 Å². The first-order valence-corrected chi connectivity index (χ1v) is 4.48. The Bertz CT molecular complexity index is 220. The van der Waals surface area contributed by atoms with Crippen LogP contribution in [0.5, 0.6) is 5.75 Å². The van der Waals surface area contributed by atoms with Gasteiger partial charge in [0, 0.05) is 17.3 Å². The van der Waals surface area contributed by atoms with E-state index in [-0.39, 0.29) is 6.04 Å². The molecule has 2 N–H and O–H groups in total. The highest BCUT2D eigenvalue weighted by Crippen LogP contribution is 2.25. The molecule has 0 bridgehead atoms. The molecule has 11 heavy (non-hydrogen) atoms. The first-order valence-electron chi connectivity index (χ1n) is 3.60. The minimum Gasteiger partial charge on any atom is -0.496 e. The summed E-state index contributed by atoms with van der Waals surface area (Å²) in [6.07, 6.45) is 0.904. The zero-order chi connectivity index (χ0) is 8.27. The van der Waals surface area contributed by atoms with Crippen LogP contribution in [0.3, 0.4) is 0 Å². The van der Waals surface area contributed by atoms with Gasteiger partial charge in [0.15, 0.2) is 0 Å². The van der Waals surface area contributed by atoms with Crippen molar-refractivity contribution in [3.05, 3.63) is 16.3 Å². The summed E-state index contributed by atoms with van der Waals surface area (Å²) in [5, 5.41) is 2.02. The lowest BCUT2D eigenvalue weighted by Gasteiger charge is -2.04. The Morgan fingerprint density at radius 1 is 1.73 bits per heavy atom. The van der Waals surface area contributed by atoms with E-state index in [0.717, 1.165) is 12.2 Å². The van der Waals surface area contributed by atoms with Crippen LogP contribution < -0.4 is 10.5 Å². The Morgan fingerprint density at radius 3 is 3.00 bits per heavy atom. The molecule has 0 aliphatic carbocycles. The molecule has 1 aromatic heterocycles. The van der Waals surface area contributed by atoms with Crippen LogP contribution in [0.2, 0.25) is 0 Å².